The molecule has 2 rings (SSSR count). The molecule has 0 spiro atoms. The minimum atomic E-state index is -1.01. The van der Waals surface area contributed by atoms with Crippen LogP contribution in [0.1, 0.15) is 17.4 Å². The van der Waals surface area contributed by atoms with E-state index >= 15 is 0 Å². The lowest BCUT2D eigenvalue weighted by Gasteiger charge is -2.28. The maximum Gasteiger partial charge on any atom is 0.327 e. The molecule has 1 aliphatic heterocycles. The number of rotatable bonds is 8. The fraction of sp³-hybridized carbons (Fsp3) is 0.375. The van der Waals surface area contributed by atoms with Gasteiger partial charge in [-0.2, -0.15) is 0 Å². The number of nitrogens with zero attached hydrogens (tertiary/aromatic N) is 1. The number of aliphatic carboxylic acids is 1. The number of carboxylic acids is 1. The number of amides is 1. The van der Waals surface area contributed by atoms with Gasteiger partial charge in [0, 0.05) is 29.2 Å². The Hall–Kier alpha value is -1.25. The molecule has 5 nitrogen and oxygen atoms in total. The number of carbonyl (C=O) groups excluding carboxylic acids is 1. The molecule has 1 aromatic rings. The van der Waals surface area contributed by atoms with Crippen molar-refractivity contribution >= 4 is 45.2 Å². The van der Waals surface area contributed by atoms with Gasteiger partial charge in [-0.3, -0.25) is 4.79 Å². The molecule has 1 heterocycles. The van der Waals surface area contributed by atoms with Gasteiger partial charge in [0.2, 0.25) is 5.91 Å². The maximum absolute atomic E-state index is 12.6. The number of hydrogen-bond donors (Lipinski definition) is 2. The molecule has 1 saturated heterocycles. The first-order valence-corrected chi connectivity index (χ1v) is 10.9. The Balaban J connectivity index is 2.10. The van der Waals surface area contributed by atoms with Crippen LogP contribution in [0, 0.1) is 0 Å². The predicted octanol–water partition coefficient (Wildman–Crippen LogP) is 3.38. The van der Waals surface area contributed by atoms with Gasteiger partial charge in [-0.15, -0.1) is 18.3 Å². The van der Waals surface area contributed by atoms with Crippen molar-refractivity contribution in [2.75, 3.05) is 17.3 Å². The monoisotopic (exact) mass is 385 g/mol. The first-order chi connectivity index (χ1) is 11.6. The molecular formula is C16H19NO4S3. The lowest BCUT2D eigenvalue weighted by Crippen LogP contribution is -2.43. The quantitative estimate of drug-likeness (QED) is 0.403. The Labute approximate surface area is 153 Å². The lowest BCUT2D eigenvalue weighted by molar-refractivity contribution is -0.149. The third-order valence-electron chi connectivity index (χ3n) is 3.44. The van der Waals surface area contributed by atoms with Crippen LogP contribution in [0.5, 0.6) is 5.75 Å². The molecule has 0 bridgehead atoms. The Morgan fingerprint density at radius 1 is 1.38 bits per heavy atom. The number of phenols is 1. The molecule has 1 aliphatic rings. The van der Waals surface area contributed by atoms with Gasteiger partial charge in [0.05, 0.1) is 0 Å². The predicted molar refractivity (Wildman–Crippen MR) is 101 cm³/mol. The van der Waals surface area contributed by atoms with E-state index in [2.05, 4.69) is 6.58 Å². The summed E-state index contributed by atoms with van der Waals surface area (Å²) >= 11 is 1.37. The highest BCUT2D eigenvalue weighted by Crippen LogP contribution is 2.44. The van der Waals surface area contributed by atoms with Crippen molar-refractivity contribution in [1.82, 2.24) is 4.90 Å². The molecule has 1 unspecified atom stereocenters. The van der Waals surface area contributed by atoms with E-state index in [1.54, 1.807) is 51.9 Å². The lowest BCUT2D eigenvalue weighted by atomic mass is 10.1. The number of carboxylic acid groups (broad SMARTS) is 1. The smallest absolute Gasteiger partial charge is 0.327 e. The van der Waals surface area contributed by atoms with Crippen LogP contribution < -0.4 is 0 Å². The van der Waals surface area contributed by atoms with Crippen molar-refractivity contribution in [2.45, 2.75) is 17.8 Å². The summed E-state index contributed by atoms with van der Waals surface area (Å²) in [5.74, 6) is 0.595. The SMILES string of the molecule is C=CCSSCCC(=O)N1C(c2ccccc2O)SC[C@H]1C(=O)O. The van der Waals surface area contributed by atoms with Crippen molar-refractivity contribution in [3.05, 3.63) is 42.5 Å². The van der Waals surface area contributed by atoms with Crippen LogP contribution in [0.25, 0.3) is 0 Å². The molecule has 1 fully saturated rings. The summed E-state index contributed by atoms with van der Waals surface area (Å²) < 4.78 is 0. The number of carbonyl (C=O) groups is 2. The molecule has 2 atom stereocenters. The van der Waals surface area contributed by atoms with Crippen LogP contribution >= 0.6 is 33.3 Å². The fourth-order valence-corrected chi connectivity index (χ4v) is 5.57. The third-order valence-corrected chi connectivity index (χ3v) is 7.07. The fourth-order valence-electron chi connectivity index (χ4n) is 2.35. The van der Waals surface area contributed by atoms with Crippen molar-refractivity contribution in [3.8, 4) is 5.75 Å². The van der Waals surface area contributed by atoms with Gasteiger partial charge in [-0.25, -0.2) is 4.79 Å². The molecular weight excluding hydrogens is 366 g/mol. The second-order valence-electron chi connectivity index (χ2n) is 5.04. The molecule has 0 radical (unpaired) electrons. The average molecular weight is 386 g/mol. The molecule has 24 heavy (non-hydrogen) atoms. The summed E-state index contributed by atoms with van der Waals surface area (Å²) in [6, 6.07) is 5.89. The number of phenolic OH excluding ortho intramolecular Hbond substituents is 1. The number of hydrogen-bond acceptors (Lipinski definition) is 6. The van der Waals surface area contributed by atoms with E-state index in [-0.39, 0.29) is 18.1 Å². The topological polar surface area (TPSA) is 77.8 Å². The highest BCUT2D eigenvalue weighted by atomic mass is 33.1. The Morgan fingerprint density at radius 2 is 2.12 bits per heavy atom. The average Bonchev–Trinajstić information content (AvgIpc) is 3.00. The second kappa shape index (κ2) is 9.29. The van der Waals surface area contributed by atoms with Gasteiger partial charge < -0.3 is 15.1 Å². The van der Waals surface area contributed by atoms with E-state index in [0.717, 1.165) is 5.75 Å². The van der Waals surface area contributed by atoms with Gasteiger partial charge in [-0.1, -0.05) is 45.9 Å². The molecule has 8 heteroatoms. The van der Waals surface area contributed by atoms with Crippen LogP contribution in [-0.4, -0.2) is 50.3 Å². The number of para-hydroxylation sites is 1. The van der Waals surface area contributed by atoms with Crippen LogP contribution in [0.2, 0.25) is 0 Å². The first kappa shape index (κ1) is 19.1. The second-order valence-corrected chi connectivity index (χ2v) is 8.79. The molecule has 2 N–H and O–H groups in total. The highest BCUT2D eigenvalue weighted by Gasteiger charge is 2.42. The Kier molecular flexibility index (Phi) is 7.39. The van der Waals surface area contributed by atoms with Gasteiger partial charge in [0.25, 0.3) is 0 Å². The normalized spacial score (nSPS) is 20.1. The molecule has 0 aliphatic carbocycles. The molecule has 1 amide bonds. The van der Waals surface area contributed by atoms with Gasteiger partial charge in [0.15, 0.2) is 0 Å². The van der Waals surface area contributed by atoms with Gasteiger partial charge >= 0.3 is 5.97 Å². The van der Waals surface area contributed by atoms with Crippen molar-refractivity contribution < 1.29 is 19.8 Å². The summed E-state index contributed by atoms with van der Waals surface area (Å²) in [6.07, 6.45) is 2.06. The van der Waals surface area contributed by atoms with E-state index in [1.165, 1.54) is 16.7 Å². The standard InChI is InChI=1S/C16H19NO4S3/c1-2-8-23-24-9-7-14(19)17-12(16(20)21)10-22-15(17)11-5-3-4-6-13(11)18/h2-6,12,15,18H,1,7-10H2,(H,20,21)/t12-,15?/m0/s1. The highest BCUT2D eigenvalue weighted by molar-refractivity contribution is 8.76. The number of thioether (sulfide) groups is 1. The number of benzene rings is 1. The minimum absolute atomic E-state index is 0.0785. The zero-order valence-corrected chi connectivity index (χ0v) is 15.4. The zero-order chi connectivity index (χ0) is 17.5. The van der Waals surface area contributed by atoms with E-state index in [1.807, 2.05) is 0 Å². The van der Waals surface area contributed by atoms with E-state index in [9.17, 15) is 19.8 Å². The summed E-state index contributed by atoms with van der Waals surface area (Å²) in [7, 11) is 3.18. The van der Waals surface area contributed by atoms with Crippen LogP contribution in [0.4, 0.5) is 0 Å². The molecule has 1 aromatic carbocycles. The first-order valence-electron chi connectivity index (χ1n) is 7.35. The van der Waals surface area contributed by atoms with Crippen LogP contribution in [0.15, 0.2) is 36.9 Å². The Bertz CT molecular complexity index is 611. The Morgan fingerprint density at radius 3 is 2.79 bits per heavy atom. The van der Waals surface area contributed by atoms with Crippen molar-refractivity contribution in [1.29, 1.82) is 0 Å². The largest absolute Gasteiger partial charge is 0.508 e. The summed E-state index contributed by atoms with van der Waals surface area (Å²) in [5.41, 5.74) is 0.577. The molecule has 130 valence electrons. The van der Waals surface area contributed by atoms with E-state index < -0.39 is 17.4 Å². The summed E-state index contributed by atoms with van der Waals surface area (Å²) in [5, 5.41) is 19.0. The van der Waals surface area contributed by atoms with Gasteiger partial charge in [-0.05, 0) is 6.07 Å². The van der Waals surface area contributed by atoms with Crippen molar-refractivity contribution in [2.24, 2.45) is 0 Å². The van der Waals surface area contributed by atoms with Gasteiger partial charge in [0.1, 0.15) is 17.2 Å². The van der Waals surface area contributed by atoms with Crippen molar-refractivity contribution in [3.63, 3.8) is 0 Å². The third kappa shape index (κ3) is 4.64. The minimum Gasteiger partial charge on any atom is -0.508 e. The van der Waals surface area contributed by atoms with E-state index in [4.69, 9.17) is 0 Å². The zero-order valence-electron chi connectivity index (χ0n) is 13.0. The molecule has 0 saturated carbocycles. The van der Waals surface area contributed by atoms with Crippen LogP contribution in [-0.2, 0) is 9.59 Å². The molecule has 0 aromatic heterocycles. The summed E-state index contributed by atoms with van der Waals surface area (Å²) in [4.78, 5) is 25.5. The number of aromatic hydroxyl groups is 1. The van der Waals surface area contributed by atoms with E-state index in [0.29, 0.717) is 17.1 Å². The summed E-state index contributed by atoms with van der Waals surface area (Å²) in [6.45, 7) is 3.64. The van der Waals surface area contributed by atoms with Crippen LogP contribution in [0.3, 0.4) is 0 Å². The maximum atomic E-state index is 12.6.